The first-order valence-electron chi connectivity index (χ1n) is 8.70. The van der Waals surface area contributed by atoms with Crippen LogP contribution in [-0.2, 0) is 0 Å². The molecule has 0 atom stereocenters. The van der Waals surface area contributed by atoms with Crippen molar-refractivity contribution in [2.45, 2.75) is 84.5 Å². The molecule has 0 aliphatic heterocycles. The number of carbonyl (C=O) groups is 1. The summed E-state index contributed by atoms with van der Waals surface area (Å²) in [5.41, 5.74) is 1.72. The van der Waals surface area contributed by atoms with Gasteiger partial charge in [-0.2, -0.15) is 0 Å². The molecule has 2 nitrogen and oxygen atoms in total. The maximum Gasteiger partial charge on any atom is 0.164 e. The lowest BCUT2D eigenvalue weighted by Gasteiger charge is -2.03. The predicted molar refractivity (Wildman–Crippen MR) is 89.8 cm³/mol. The molecule has 0 bridgehead atoms. The molecule has 0 aliphatic carbocycles. The zero-order valence-electron chi connectivity index (χ0n) is 13.9. The van der Waals surface area contributed by atoms with E-state index in [2.05, 4.69) is 11.9 Å². The van der Waals surface area contributed by atoms with Gasteiger partial charge < -0.3 is 0 Å². The third-order valence-corrected chi connectivity index (χ3v) is 3.99. The Bertz CT molecular complexity index is 383. The van der Waals surface area contributed by atoms with Gasteiger partial charge in [0.1, 0.15) is 0 Å². The van der Waals surface area contributed by atoms with Crippen molar-refractivity contribution >= 4 is 5.78 Å². The number of aromatic nitrogens is 1. The van der Waals surface area contributed by atoms with Crippen LogP contribution < -0.4 is 0 Å². The number of aryl methyl sites for hydroxylation is 1. The summed E-state index contributed by atoms with van der Waals surface area (Å²) in [4.78, 5) is 16.1. The molecular formula is C19H31NO. The average Bonchev–Trinajstić information content (AvgIpc) is 2.49. The molecule has 0 radical (unpaired) electrons. The number of unbranched alkanes of at least 4 members (excludes halogenated alkanes) is 9. The second-order valence-corrected chi connectivity index (χ2v) is 6.04. The molecule has 1 rings (SSSR count). The van der Waals surface area contributed by atoms with Crippen molar-refractivity contribution in [3.05, 3.63) is 29.6 Å². The Kier molecular flexibility index (Phi) is 9.77. The Labute approximate surface area is 130 Å². The smallest absolute Gasteiger partial charge is 0.164 e. The van der Waals surface area contributed by atoms with Crippen LogP contribution in [0.1, 0.15) is 93.6 Å². The third kappa shape index (κ3) is 8.64. The van der Waals surface area contributed by atoms with E-state index in [1.807, 2.05) is 19.1 Å². The molecule has 0 aliphatic rings. The highest BCUT2D eigenvalue weighted by Gasteiger charge is 2.05. The highest BCUT2D eigenvalue weighted by molar-refractivity contribution is 5.95. The molecule has 1 aromatic heterocycles. The average molecular weight is 289 g/mol. The van der Waals surface area contributed by atoms with Crippen LogP contribution in [0.3, 0.4) is 0 Å². The Balaban J connectivity index is 1.96. The fourth-order valence-corrected chi connectivity index (χ4v) is 2.55. The Morgan fingerprint density at radius 3 is 2.00 bits per heavy atom. The molecule has 118 valence electrons. The summed E-state index contributed by atoms with van der Waals surface area (Å²) in [6.45, 7) is 4.20. The van der Waals surface area contributed by atoms with Gasteiger partial charge in [0.25, 0.3) is 0 Å². The molecule has 0 spiro atoms. The standard InChI is InChI=1S/C19H31NO/c1-3-4-5-6-7-8-9-10-11-12-13-19(21)18-15-14-17(2)20-16-18/h14-16H,3-13H2,1-2H3. The van der Waals surface area contributed by atoms with E-state index in [1.165, 1.54) is 57.8 Å². The Morgan fingerprint density at radius 2 is 1.48 bits per heavy atom. The van der Waals surface area contributed by atoms with Gasteiger partial charge in [-0.15, -0.1) is 0 Å². The van der Waals surface area contributed by atoms with E-state index in [0.717, 1.165) is 17.7 Å². The maximum atomic E-state index is 12.0. The largest absolute Gasteiger partial charge is 0.294 e. The zero-order valence-corrected chi connectivity index (χ0v) is 13.9. The van der Waals surface area contributed by atoms with Gasteiger partial charge in [0.05, 0.1) is 0 Å². The van der Waals surface area contributed by atoms with Gasteiger partial charge >= 0.3 is 0 Å². The summed E-state index contributed by atoms with van der Waals surface area (Å²) >= 11 is 0. The van der Waals surface area contributed by atoms with Gasteiger partial charge in [0.15, 0.2) is 5.78 Å². The third-order valence-electron chi connectivity index (χ3n) is 3.99. The highest BCUT2D eigenvalue weighted by Crippen LogP contribution is 2.12. The van der Waals surface area contributed by atoms with Crippen LogP contribution in [0.25, 0.3) is 0 Å². The van der Waals surface area contributed by atoms with Crippen LogP contribution in [0.15, 0.2) is 18.3 Å². The molecule has 0 saturated heterocycles. The fourth-order valence-electron chi connectivity index (χ4n) is 2.55. The van der Waals surface area contributed by atoms with Gasteiger partial charge in [-0.25, -0.2) is 0 Å². The number of carbonyl (C=O) groups excluding carboxylic acids is 1. The Morgan fingerprint density at radius 1 is 0.905 bits per heavy atom. The molecule has 2 heteroatoms. The van der Waals surface area contributed by atoms with Gasteiger partial charge in [0, 0.05) is 23.9 Å². The minimum Gasteiger partial charge on any atom is -0.294 e. The summed E-state index contributed by atoms with van der Waals surface area (Å²) in [7, 11) is 0. The van der Waals surface area contributed by atoms with Crippen molar-refractivity contribution in [3.8, 4) is 0 Å². The number of rotatable bonds is 12. The maximum absolute atomic E-state index is 12.0. The molecule has 21 heavy (non-hydrogen) atoms. The normalized spacial score (nSPS) is 10.8. The number of nitrogens with zero attached hydrogens (tertiary/aromatic N) is 1. The van der Waals surface area contributed by atoms with Crippen LogP contribution in [0.5, 0.6) is 0 Å². The number of ketones is 1. The van der Waals surface area contributed by atoms with Crippen molar-refractivity contribution in [3.63, 3.8) is 0 Å². The Hall–Kier alpha value is -1.18. The molecule has 0 fully saturated rings. The minimum atomic E-state index is 0.238. The molecule has 0 saturated carbocycles. The molecule has 1 heterocycles. The van der Waals surface area contributed by atoms with Crippen LogP contribution in [-0.4, -0.2) is 10.8 Å². The quantitative estimate of drug-likeness (QED) is 0.355. The number of hydrogen-bond donors (Lipinski definition) is 0. The van der Waals surface area contributed by atoms with Crippen molar-refractivity contribution in [2.24, 2.45) is 0 Å². The van der Waals surface area contributed by atoms with E-state index in [1.54, 1.807) is 6.20 Å². The molecule has 0 N–H and O–H groups in total. The van der Waals surface area contributed by atoms with Crippen LogP contribution in [0.4, 0.5) is 0 Å². The van der Waals surface area contributed by atoms with Crippen LogP contribution >= 0.6 is 0 Å². The van der Waals surface area contributed by atoms with E-state index in [4.69, 9.17) is 0 Å². The molecule has 0 unspecified atom stereocenters. The van der Waals surface area contributed by atoms with Crippen molar-refractivity contribution in [1.29, 1.82) is 0 Å². The SMILES string of the molecule is CCCCCCCCCCCCC(=O)c1ccc(C)nc1. The summed E-state index contributed by atoms with van der Waals surface area (Å²) < 4.78 is 0. The minimum absolute atomic E-state index is 0.238. The second kappa shape index (κ2) is 11.5. The molecule has 0 amide bonds. The zero-order chi connectivity index (χ0) is 15.3. The monoisotopic (exact) mass is 289 g/mol. The van der Waals surface area contributed by atoms with Crippen LogP contribution in [0, 0.1) is 6.92 Å². The number of Topliss-reactive ketones (excluding diaryl/α,β-unsaturated/α-hetero) is 1. The molecular weight excluding hydrogens is 258 g/mol. The summed E-state index contributed by atoms with van der Waals surface area (Å²) in [5, 5.41) is 0. The lowest BCUT2D eigenvalue weighted by atomic mass is 10.0. The van der Waals surface area contributed by atoms with E-state index in [9.17, 15) is 4.79 Å². The fraction of sp³-hybridized carbons (Fsp3) is 0.684. The molecule has 0 aromatic carbocycles. The van der Waals surface area contributed by atoms with E-state index in [-0.39, 0.29) is 5.78 Å². The lowest BCUT2D eigenvalue weighted by Crippen LogP contribution is -2.00. The predicted octanol–water partition coefficient (Wildman–Crippen LogP) is 5.88. The topological polar surface area (TPSA) is 30.0 Å². The van der Waals surface area contributed by atoms with Crippen molar-refractivity contribution in [1.82, 2.24) is 4.98 Å². The van der Waals surface area contributed by atoms with Crippen LogP contribution in [0.2, 0.25) is 0 Å². The first kappa shape index (κ1) is 17.9. The first-order chi connectivity index (χ1) is 10.2. The van der Waals surface area contributed by atoms with Gasteiger partial charge in [-0.3, -0.25) is 9.78 Å². The summed E-state index contributed by atoms with van der Waals surface area (Å²) in [6, 6.07) is 3.80. The highest BCUT2D eigenvalue weighted by atomic mass is 16.1. The summed E-state index contributed by atoms with van der Waals surface area (Å²) in [6.07, 6.45) is 15.4. The van der Waals surface area contributed by atoms with Gasteiger partial charge in [-0.05, 0) is 25.5 Å². The molecule has 1 aromatic rings. The second-order valence-electron chi connectivity index (χ2n) is 6.04. The van der Waals surface area contributed by atoms with E-state index >= 15 is 0 Å². The lowest BCUT2D eigenvalue weighted by molar-refractivity contribution is 0.0978. The summed E-state index contributed by atoms with van der Waals surface area (Å²) in [5.74, 6) is 0.238. The number of hydrogen-bond acceptors (Lipinski definition) is 2. The van der Waals surface area contributed by atoms with Crippen molar-refractivity contribution in [2.75, 3.05) is 0 Å². The van der Waals surface area contributed by atoms with Gasteiger partial charge in [-0.1, -0.05) is 64.7 Å². The van der Waals surface area contributed by atoms with Crippen molar-refractivity contribution < 1.29 is 4.79 Å². The van der Waals surface area contributed by atoms with Gasteiger partial charge in [0.2, 0.25) is 0 Å². The first-order valence-corrected chi connectivity index (χ1v) is 8.70. The number of pyridine rings is 1. The van der Waals surface area contributed by atoms with E-state index < -0.39 is 0 Å². The van der Waals surface area contributed by atoms with E-state index in [0.29, 0.717) is 6.42 Å².